The third kappa shape index (κ3) is 5.62. The lowest BCUT2D eigenvalue weighted by atomic mass is 10.1. The Bertz CT molecular complexity index is 1200. The lowest BCUT2D eigenvalue weighted by molar-refractivity contribution is -0.113. The van der Waals surface area contributed by atoms with Crippen LogP contribution in [0.2, 0.25) is 0 Å². The van der Waals surface area contributed by atoms with Crippen LogP contribution >= 0.6 is 15.9 Å². The lowest BCUT2D eigenvalue weighted by Gasteiger charge is -2.19. The number of nitrogens with zero attached hydrogens (tertiary/aromatic N) is 2. The lowest BCUT2D eigenvalue weighted by Crippen LogP contribution is -2.32. The van der Waals surface area contributed by atoms with Gasteiger partial charge >= 0.3 is 0 Å². The molecule has 0 saturated carbocycles. The molecule has 174 valence electrons. The van der Waals surface area contributed by atoms with Crippen LogP contribution in [0, 0.1) is 5.82 Å². The number of rotatable bonds is 9. The first kappa shape index (κ1) is 23.9. The van der Waals surface area contributed by atoms with Gasteiger partial charge in [-0.05, 0) is 55.0 Å². The van der Waals surface area contributed by atoms with Crippen LogP contribution in [-0.4, -0.2) is 18.3 Å². The molecule has 0 saturated heterocycles. The van der Waals surface area contributed by atoms with Crippen LogP contribution in [0.25, 0.3) is 6.08 Å². The first-order valence-electron chi connectivity index (χ1n) is 11.4. The standard InChI is InChI=1S/C28H26BrFN2O2/c1-2-3-4-7-18-34-24-16-14-23(15-17-24)32-27(20-10-12-22(29)13-11-20)31-26(28(32)33)19-21-8-5-6-9-25(21)30/h5-6,8-17,19H,2-4,7,18H2,1H3. The predicted octanol–water partition coefficient (Wildman–Crippen LogP) is 7.38. The number of aliphatic imine (C=N–C) groups is 1. The Morgan fingerprint density at radius 3 is 2.41 bits per heavy atom. The molecule has 4 rings (SSSR count). The number of amidine groups is 1. The summed E-state index contributed by atoms with van der Waals surface area (Å²) in [4.78, 5) is 19.6. The van der Waals surface area contributed by atoms with Crippen LogP contribution < -0.4 is 9.64 Å². The minimum atomic E-state index is -0.401. The quantitative estimate of drug-likeness (QED) is 0.218. The molecule has 0 unspecified atom stereocenters. The maximum atomic E-state index is 14.2. The highest BCUT2D eigenvalue weighted by Gasteiger charge is 2.32. The zero-order valence-corrected chi connectivity index (χ0v) is 20.6. The van der Waals surface area contributed by atoms with Gasteiger partial charge < -0.3 is 4.74 Å². The molecule has 0 atom stereocenters. The fourth-order valence-electron chi connectivity index (χ4n) is 3.70. The second-order valence-corrected chi connectivity index (χ2v) is 8.95. The third-order valence-corrected chi connectivity index (χ3v) is 6.05. The molecule has 0 aromatic heterocycles. The van der Waals surface area contributed by atoms with Gasteiger partial charge in [0.05, 0.1) is 12.3 Å². The smallest absolute Gasteiger partial charge is 0.282 e. The van der Waals surface area contributed by atoms with E-state index in [0.29, 0.717) is 23.7 Å². The van der Waals surface area contributed by atoms with Crippen molar-refractivity contribution in [2.75, 3.05) is 11.5 Å². The van der Waals surface area contributed by atoms with E-state index in [-0.39, 0.29) is 11.6 Å². The average molecular weight is 521 g/mol. The van der Waals surface area contributed by atoms with Gasteiger partial charge in [-0.2, -0.15) is 0 Å². The van der Waals surface area contributed by atoms with Crippen molar-refractivity contribution < 1.29 is 13.9 Å². The number of hydrogen-bond acceptors (Lipinski definition) is 3. The number of hydrogen-bond donors (Lipinski definition) is 0. The molecule has 3 aromatic carbocycles. The highest BCUT2D eigenvalue weighted by molar-refractivity contribution is 9.10. The van der Waals surface area contributed by atoms with Crippen LogP contribution in [0.15, 0.2) is 88.0 Å². The van der Waals surface area contributed by atoms with Gasteiger partial charge in [0.2, 0.25) is 0 Å². The van der Waals surface area contributed by atoms with E-state index in [4.69, 9.17) is 4.74 Å². The van der Waals surface area contributed by atoms with Gasteiger partial charge in [-0.25, -0.2) is 9.38 Å². The van der Waals surface area contributed by atoms with Crippen LogP contribution in [0.5, 0.6) is 5.75 Å². The third-order valence-electron chi connectivity index (χ3n) is 5.52. The van der Waals surface area contributed by atoms with Gasteiger partial charge in [-0.15, -0.1) is 0 Å². The predicted molar refractivity (Wildman–Crippen MR) is 139 cm³/mol. The Labute approximate surface area is 207 Å². The van der Waals surface area contributed by atoms with Gasteiger partial charge in [-0.1, -0.05) is 72.4 Å². The summed E-state index contributed by atoms with van der Waals surface area (Å²) >= 11 is 3.44. The topological polar surface area (TPSA) is 41.9 Å². The number of unbranched alkanes of at least 4 members (excludes halogenated alkanes) is 3. The Morgan fingerprint density at radius 1 is 0.971 bits per heavy atom. The van der Waals surface area contributed by atoms with Crippen LogP contribution in [-0.2, 0) is 4.79 Å². The summed E-state index contributed by atoms with van der Waals surface area (Å²) in [5, 5.41) is 0. The van der Waals surface area contributed by atoms with Crippen LogP contribution in [0.4, 0.5) is 10.1 Å². The van der Waals surface area contributed by atoms with Crippen molar-refractivity contribution >= 4 is 39.4 Å². The first-order chi connectivity index (χ1) is 16.6. The van der Waals surface area contributed by atoms with Gasteiger partial charge in [0, 0.05) is 15.6 Å². The Balaban J connectivity index is 1.62. The van der Waals surface area contributed by atoms with Crippen molar-refractivity contribution in [1.82, 2.24) is 0 Å². The molecule has 3 aromatic rings. The summed E-state index contributed by atoms with van der Waals surface area (Å²) in [5.41, 5.74) is 1.95. The monoisotopic (exact) mass is 520 g/mol. The molecule has 6 heteroatoms. The van der Waals surface area contributed by atoms with E-state index in [2.05, 4.69) is 27.8 Å². The van der Waals surface area contributed by atoms with Crippen molar-refractivity contribution in [2.45, 2.75) is 32.6 Å². The molecule has 0 fully saturated rings. The molecule has 0 radical (unpaired) electrons. The molecule has 1 aliphatic rings. The number of ether oxygens (including phenoxy) is 1. The Morgan fingerprint density at radius 2 is 1.71 bits per heavy atom. The highest BCUT2D eigenvalue weighted by Crippen LogP contribution is 2.30. The van der Waals surface area contributed by atoms with E-state index < -0.39 is 5.82 Å². The van der Waals surface area contributed by atoms with E-state index in [0.717, 1.165) is 28.6 Å². The SMILES string of the molecule is CCCCCCOc1ccc(N2C(=O)C(=Cc3ccccc3F)N=C2c2ccc(Br)cc2)cc1. The minimum Gasteiger partial charge on any atom is -0.494 e. The number of anilines is 1. The van der Waals surface area contributed by atoms with Crippen molar-refractivity contribution in [3.63, 3.8) is 0 Å². The molecule has 1 heterocycles. The zero-order valence-electron chi connectivity index (χ0n) is 19.0. The summed E-state index contributed by atoms with van der Waals surface area (Å²) in [7, 11) is 0. The van der Waals surface area contributed by atoms with Crippen LogP contribution in [0.3, 0.4) is 0 Å². The minimum absolute atomic E-state index is 0.180. The molecule has 0 bridgehead atoms. The molecular formula is C28H26BrFN2O2. The highest BCUT2D eigenvalue weighted by atomic mass is 79.9. The number of benzene rings is 3. The first-order valence-corrected chi connectivity index (χ1v) is 12.2. The Kier molecular flexibility index (Phi) is 7.91. The fourth-order valence-corrected chi connectivity index (χ4v) is 3.96. The van der Waals surface area contributed by atoms with E-state index in [1.807, 2.05) is 48.5 Å². The number of amides is 1. The van der Waals surface area contributed by atoms with Gasteiger partial charge in [-0.3, -0.25) is 9.69 Å². The van der Waals surface area contributed by atoms with Gasteiger partial charge in [0.15, 0.2) is 0 Å². The fraction of sp³-hybridized carbons (Fsp3) is 0.214. The molecular weight excluding hydrogens is 495 g/mol. The van der Waals surface area contributed by atoms with E-state index in [1.54, 1.807) is 23.1 Å². The molecule has 0 N–H and O–H groups in total. The maximum absolute atomic E-state index is 14.2. The molecule has 0 aliphatic carbocycles. The van der Waals surface area contributed by atoms with Gasteiger partial charge in [0.25, 0.3) is 5.91 Å². The van der Waals surface area contributed by atoms with Crippen molar-refractivity contribution in [3.05, 3.63) is 99.9 Å². The summed E-state index contributed by atoms with van der Waals surface area (Å²) in [6.45, 7) is 2.85. The van der Waals surface area contributed by atoms with Crippen LogP contribution in [0.1, 0.15) is 43.7 Å². The Hall–Kier alpha value is -3.25. The maximum Gasteiger partial charge on any atom is 0.282 e. The van der Waals surface area contributed by atoms with Crippen molar-refractivity contribution in [3.8, 4) is 5.75 Å². The summed E-state index contributed by atoms with van der Waals surface area (Å²) < 4.78 is 21.0. The normalized spacial score (nSPS) is 14.6. The number of halogens is 2. The largest absolute Gasteiger partial charge is 0.494 e. The second kappa shape index (κ2) is 11.3. The molecule has 34 heavy (non-hydrogen) atoms. The van der Waals surface area contributed by atoms with E-state index >= 15 is 0 Å². The summed E-state index contributed by atoms with van der Waals surface area (Å²) in [6.07, 6.45) is 6.06. The molecule has 1 aliphatic heterocycles. The number of carbonyl (C=O) groups excluding carboxylic acids is 1. The summed E-state index contributed by atoms with van der Waals surface area (Å²) in [5.74, 6) is 0.543. The average Bonchev–Trinajstić information content (AvgIpc) is 3.17. The molecule has 0 spiro atoms. The van der Waals surface area contributed by atoms with Crippen molar-refractivity contribution in [1.29, 1.82) is 0 Å². The molecule has 4 nitrogen and oxygen atoms in total. The summed E-state index contributed by atoms with van der Waals surface area (Å²) in [6, 6.07) is 21.3. The number of carbonyl (C=O) groups is 1. The van der Waals surface area contributed by atoms with Gasteiger partial charge in [0.1, 0.15) is 23.1 Å². The van der Waals surface area contributed by atoms with Crippen molar-refractivity contribution in [2.24, 2.45) is 4.99 Å². The second-order valence-electron chi connectivity index (χ2n) is 8.04. The molecule has 1 amide bonds. The van der Waals surface area contributed by atoms with E-state index in [1.165, 1.54) is 25.0 Å². The zero-order chi connectivity index (χ0) is 23.9. The van der Waals surface area contributed by atoms with E-state index in [9.17, 15) is 9.18 Å².